The molecule has 1 atom stereocenters. The number of aliphatic hydroxyl groups excluding tert-OH is 1. The summed E-state index contributed by atoms with van der Waals surface area (Å²) >= 11 is 0. The van der Waals surface area contributed by atoms with Crippen LogP contribution in [0.2, 0.25) is 0 Å². The first-order valence-electron chi connectivity index (χ1n) is 6.40. The van der Waals surface area contributed by atoms with Gasteiger partial charge in [-0.3, -0.25) is 0 Å². The summed E-state index contributed by atoms with van der Waals surface area (Å²) in [4.78, 5) is 3.94. The fourth-order valence-electron chi connectivity index (χ4n) is 2.37. The number of hydrogen-bond donors (Lipinski definition) is 2. The standard InChI is InChI=1S/C12H19N3O3S/c13-12-8-11(5-6-14-12)19(17,18)15-7-3-1-2-4-10(15)9-16/h5-6,8,10,16H,1-4,7,9H2,(H2,13,14). The van der Waals surface area contributed by atoms with Gasteiger partial charge in [-0.1, -0.05) is 12.8 Å². The number of nitrogen functional groups attached to an aromatic ring is 1. The minimum atomic E-state index is -3.62. The van der Waals surface area contributed by atoms with Crippen molar-refractivity contribution in [1.82, 2.24) is 9.29 Å². The van der Waals surface area contributed by atoms with E-state index in [1.807, 2.05) is 0 Å². The first kappa shape index (κ1) is 14.2. The van der Waals surface area contributed by atoms with Crippen molar-refractivity contribution in [1.29, 1.82) is 0 Å². The average Bonchev–Trinajstić information content (AvgIpc) is 2.64. The van der Waals surface area contributed by atoms with Gasteiger partial charge in [0.05, 0.1) is 11.5 Å². The lowest BCUT2D eigenvalue weighted by Crippen LogP contribution is -2.42. The Balaban J connectivity index is 2.36. The van der Waals surface area contributed by atoms with Crippen molar-refractivity contribution < 1.29 is 13.5 Å². The molecule has 0 saturated carbocycles. The lowest BCUT2D eigenvalue weighted by atomic mass is 10.1. The van der Waals surface area contributed by atoms with Gasteiger partial charge >= 0.3 is 0 Å². The minimum absolute atomic E-state index is 0.139. The lowest BCUT2D eigenvalue weighted by Gasteiger charge is -2.27. The number of pyridine rings is 1. The summed E-state index contributed by atoms with van der Waals surface area (Å²) in [7, 11) is -3.62. The Labute approximate surface area is 113 Å². The first-order chi connectivity index (χ1) is 9.05. The van der Waals surface area contributed by atoms with Crippen molar-refractivity contribution in [3.63, 3.8) is 0 Å². The van der Waals surface area contributed by atoms with E-state index in [1.54, 1.807) is 0 Å². The largest absolute Gasteiger partial charge is 0.395 e. The molecule has 3 N–H and O–H groups in total. The Morgan fingerprint density at radius 2 is 2.21 bits per heavy atom. The van der Waals surface area contributed by atoms with E-state index < -0.39 is 10.0 Å². The van der Waals surface area contributed by atoms with Gasteiger partial charge in [0, 0.05) is 24.8 Å². The molecule has 0 aromatic carbocycles. The first-order valence-corrected chi connectivity index (χ1v) is 7.84. The van der Waals surface area contributed by atoms with Crippen LogP contribution in [0.15, 0.2) is 23.2 Å². The highest BCUT2D eigenvalue weighted by molar-refractivity contribution is 7.89. The molecule has 1 saturated heterocycles. The van der Waals surface area contributed by atoms with E-state index in [0.29, 0.717) is 13.0 Å². The van der Waals surface area contributed by atoms with Crippen LogP contribution in [0, 0.1) is 0 Å². The average molecular weight is 285 g/mol. The van der Waals surface area contributed by atoms with E-state index in [-0.39, 0.29) is 23.4 Å². The second-order valence-corrected chi connectivity index (χ2v) is 6.61. The zero-order valence-corrected chi connectivity index (χ0v) is 11.5. The highest BCUT2D eigenvalue weighted by Gasteiger charge is 2.32. The third-order valence-corrected chi connectivity index (χ3v) is 5.34. The molecule has 7 heteroatoms. The van der Waals surface area contributed by atoms with Gasteiger partial charge in [0.25, 0.3) is 0 Å². The number of nitrogens with two attached hydrogens (primary N) is 1. The zero-order valence-electron chi connectivity index (χ0n) is 10.7. The quantitative estimate of drug-likeness (QED) is 0.847. The molecular formula is C12H19N3O3S. The van der Waals surface area contributed by atoms with Crippen molar-refractivity contribution >= 4 is 15.8 Å². The molecule has 1 aliphatic heterocycles. The Bertz CT molecular complexity index is 533. The van der Waals surface area contributed by atoms with Gasteiger partial charge in [-0.15, -0.1) is 0 Å². The summed E-state index contributed by atoms with van der Waals surface area (Å²) in [6.07, 6.45) is 4.82. The van der Waals surface area contributed by atoms with E-state index in [0.717, 1.165) is 19.3 Å². The van der Waals surface area contributed by atoms with E-state index in [1.165, 1.54) is 22.6 Å². The number of anilines is 1. The number of aromatic nitrogens is 1. The second-order valence-electron chi connectivity index (χ2n) is 4.72. The Kier molecular flexibility index (Phi) is 4.38. The number of aliphatic hydroxyl groups is 1. The van der Waals surface area contributed by atoms with Crippen molar-refractivity contribution in [2.75, 3.05) is 18.9 Å². The number of rotatable bonds is 3. The third kappa shape index (κ3) is 3.05. The van der Waals surface area contributed by atoms with Gasteiger partial charge in [0.15, 0.2) is 0 Å². The monoisotopic (exact) mass is 285 g/mol. The van der Waals surface area contributed by atoms with Crippen LogP contribution in [0.3, 0.4) is 0 Å². The van der Waals surface area contributed by atoms with Gasteiger partial charge in [-0.2, -0.15) is 4.31 Å². The molecule has 0 aliphatic carbocycles. The summed E-state index contributed by atoms with van der Waals surface area (Å²) in [5.41, 5.74) is 5.54. The van der Waals surface area contributed by atoms with Crippen LogP contribution in [0.4, 0.5) is 5.82 Å². The topological polar surface area (TPSA) is 96.5 Å². The van der Waals surface area contributed by atoms with E-state index in [9.17, 15) is 13.5 Å². The van der Waals surface area contributed by atoms with E-state index >= 15 is 0 Å². The number of sulfonamides is 1. The second kappa shape index (κ2) is 5.85. The molecule has 1 aliphatic rings. The molecule has 1 unspecified atom stereocenters. The number of nitrogens with zero attached hydrogens (tertiary/aromatic N) is 2. The van der Waals surface area contributed by atoms with Crippen molar-refractivity contribution in [3.05, 3.63) is 18.3 Å². The van der Waals surface area contributed by atoms with E-state index in [4.69, 9.17) is 5.73 Å². The molecule has 1 aromatic rings. The Morgan fingerprint density at radius 1 is 1.42 bits per heavy atom. The van der Waals surface area contributed by atoms with Crippen LogP contribution in [0.1, 0.15) is 25.7 Å². The van der Waals surface area contributed by atoms with Crippen LogP contribution in [0.25, 0.3) is 0 Å². The summed E-state index contributed by atoms with van der Waals surface area (Å²) in [5.74, 6) is 0.177. The highest BCUT2D eigenvalue weighted by atomic mass is 32.2. The molecule has 1 aromatic heterocycles. The van der Waals surface area contributed by atoms with Crippen molar-refractivity contribution in [2.24, 2.45) is 0 Å². The summed E-state index contributed by atoms with van der Waals surface area (Å²) < 4.78 is 26.6. The molecule has 0 amide bonds. The summed E-state index contributed by atoms with van der Waals surface area (Å²) in [6, 6.07) is 2.45. The Morgan fingerprint density at radius 3 is 2.89 bits per heavy atom. The van der Waals surface area contributed by atoms with Crippen LogP contribution < -0.4 is 5.73 Å². The maximum atomic E-state index is 12.6. The molecule has 0 radical (unpaired) electrons. The normalized spacial score (nSPS) is 22.1. The van der Waals surface area contributed by atoms with Crippen LogP contribution in [-0.2, 0) is 10.0 Å². The lowest BCUT2D eigenvalue weighted by molar-refractivity contribution is 0.186. The fourth-order valence-corrected chi connectivity index (χ4v) is 4.08. The molecule has 1 fully saturated rings. The third-order valence-electron chi connectivity index (χ3n) is 3.39. The number of hydrogen-bond acceptors (Lipinski definition) is 5. The smallest absolute Gasteiger partial charge is 0.243 e. The molecule has 19 heavy (non-hydrogen) atoms. The van der Waals surface area contributed by atoms with Gasteiger partial charge in [-0.25, -0.2) is 13.4 Å². The molecule has 2 heterocycles. The van der Waals surface area contributed by atoms with Crippen LogP contribution in [0.5, 0.6) is 0 Å². The molecule has 0 bridgehead atoms. The predicted molar refractivity (Wildman–Crippen MR) is 71.9 cm³/mol. The van der Waals surface area contributed by atoms with Gasteiger partial charge in [0.1, 0.15) is 5.82 Å². The fraction of sp³-hybridized carbons (Fsp3) is 0.583. The summed E-state index contributed by atoms with van der Waals surface area (Å²) in [6.45, 7) is 0.287. The zero-order chi connectivity index (χ0) is 13.9. The van der Waals surface area contributed by atoms with Crippen LogP contribution >= 0.6 is 0 Å². The van der Waals surface area contributed by atoms with E-state index in [2.05, 4.69) is 4.98 Å². The van der Waals surface area contributed by atoms with Crippen LogP contribution in [-0.4, -0.2) is 42.0 Å². The minimum Gasteiger partial charge on any atom is -0.395 e. The molecule has 106 valence electrons. The molecule has 2 rings (SSSR count). The summed E-state index contributed by atoms with van der Waals surface area (Å²) in [5, 5.41) is 9.41. The molecule has 0 spiro atoms. The van der Waals surface area contributed by atoms with Gasteiger partial charge in [-0.05, 0) is 18.9 Å². The predicted octanol–water partition coefficient (Wildman–Crippen LogP) is 0.589. The SMILES string of the molecule is Nc1cc(S(=O)(=O)N2CCCCCC2CO)ccn1. The molecule has 6 nitrogen and oxygen atoms in total. The van der Waals surface area contributed by atoms with Crippen molar-refractivity contribution in [3.8, 4) is 0 Å². The Hall–Kier alpha value is -1.18. The maximum Gasteiger partial charge on any atom is 0.243 e. The molecular weight excluding hydrogens is 266 g/mol. The van der Waals surface area contributed by atoms with Crippen molar-refractivity contribution in [2.45, 2.75) is 36.6 Å². The highest BCUT2D eigenvalue weighted by Crippen LogP contribution is 2.24. The maximum absolute atomic E-state index is 12.6. The van der Waals surface area contributed by atoms with Gasteiger partial charge < -0.3 is 10.8 Å². The van der Waals surface area contributed by atoms with Gasteiger partial charge in [0.2, 0.25) is 10.0 Å².